The topological polar surface area (TPSA) is 84.0 Å². The lowest BCUT2D eigenvalue weighted by Gasteiger charge is -2.13. The van der Waals surface area contributed by atoms with Crippen molar-refractivity contribution in [2.24, 2.45) is 4.99 Å². The summed E-state index contributed by atoms with van der Waals surface area (Å²) in [5, 5.41) is 9.05. The van der Waals surface area contributed by atoms with Crippen LogP contribution in [-0.2, 0) is 16.1 Å². The zero-order valence-corrected chi connectivity index (χ0v) is 20.1. The van der Waals surface area contributed by atoms with Crippen LogP contribution in [-0.4, -0.2) is 45.3 Å². The molecule has 8 heteroatoms. The number of rotatable bonds is 10. The largest absolute Gasteiger partial charge is 0.491 e. The first-order valence-corrected chi connectivity index (χ1v) is 9.70. The van der Waals surface area contributed by atoms with Gasteiger partial charge < -0.3 is 25.4 Å². The lowest BCUT2D eigenvalue weighted by molar-refractivity contribution is -0.115. The molecule has 1 amide bonds. The molecule has 0 bridgehead atoms. The van der Waals surface area contributed by atoms with Gasteiger partial charge in [0.2, 0.25) is 5.91 Å². The molecule has 164 valence electrons. The van der Waals surface area contributed by atoms with Crippen LogP contribution in [0.5, 0.6) is 5.75 Å². The normalized spacial score (nSPS) is 10.7. The average Bonchev–Trinajstić information content (AvgIpc) is 2.72. The van der Waals surface area contributed by atoms with Crippen LogP contribution in [0.25, 0.3) is 0 Å². The molecule has 7 nitrogen and oxygen atoms in total. The maximum atomic E-state index is 12.1. The summed E-state index contributed by atoms with van der Waals surface area (Å²) in [7, 11) is 1.65. The van der Waals surface area contributed by atoms with Crippen LogP contribution in [0.3, 0.4) is 0 Å². The summed E-state index contributed by atoms with van der Waals surface area (Å²) in [4.78, 5) is 16.7. The molecule has 0 unspecified atom stereocenters. The molecule has 0 spiro atoms. The van der Waals surface area contributed by atoms with Gasteiger partial charge in [0.1, 0.15) is 12.4 Å². The zero-order chi connectivity index (χ0) is 20.9. The van der Waals surface area contributed by atoms with Crippen LogP contribution >= 0.6 is 24.0 Å². The Bertz CT molecular complexity index is 800. The molecule has 0 saturated carbocycles. The van der Waals surface area contributed by atoms with Gasteiger partial charge in [-0.15, -0.1) is 24.0 Å². The second kappa shape index (κ2) is 14.6. The fourth-order valence-corrected chi connectivity index (χ4v) is 2.56. The molecule has 0 radical (unpaired) electrons. The number of hydrogen-bond donors (Lipinski definition) is 3. The van der Waals surface area contributed by atoms with E-state index in [2.05, 4.69) is 20.9 Å². The molecule has 2 aromatic rings. The van der Waals surface area contributed by atoms with Crippen molar-refractivity contribution in [1.29, 1.82) is 0 Å². The van der Waals surface area contributed by atoms with Crippen molar-refractivity contribution in [3.63, 3.8) is 0 Å². The molecular formula is C22H31IN4O3. The molecule has 30 heavy (non-hydrogen) atoms. The summed E-state index contributed by atoms with van der Waals surface area (Å²) in [5.74, 6) is 1.23. The smallest absolute Gasteiger partial charge is 0.243 e. The van der Waals surface area contributed by atoms with E-state index >= 15 is 0 Å². The molecule has 2 rings (SSSR count). The van der Waals surface area contributed by atoms with Crippen LogP contribution in [0.4, 0.5) is 5.69 Å². The number of halogens is 1. The van der Waals surface area contributed by atoms with Crippen LogP contribution < -0.4 is 20.7 Å². The average molecular weight is 526 g/mol. The third kappa shape index (κ3) is 9.45. The van der Waals surface area contributed by atoms with E-state index in [0.717, 1.165) is 22.6 Å². The van der Waals surface area contributed by atoms with Crippen LogP contribution in [0.2, 0.25) is 0 Å². The summed E-state index contributed by atoms with van der Waals surface area (Å²) < 4.78 is 10.9. The summed E-state index contributed by atoms with van der Waals surface area (Å²) in [5.41, 5.74) is 2.85. The Morgan fingerprint density at radius 2 is 1.83 bits per heavy atom. The Morgan fingerprint density at radius 3 is 2.53 bits per heavy atom. The number of nitrogens with zero attached hydrogens (tertiary/aromatic N) is 1. The number of ether oxygens (including phenoxy) is 2. The number of amides is 1. The van der Waals surface area contributed by atoms with Crippen LogP contribution in [0.15, 0.2) is 53.5 Å². The molecule has 3 N–H and O–H groups in total. The van der Waals surface area contributed by atoms with E-state index in [-0.39, 0.29) is 36.4 Å². The molecule has 0 aliphatic carbocycles. The van der Waals surface area contributed by atoms with Crippen LogP contribution in [0.1, 0.15) is 18.1 Å². The third-order valence-corrected chi connectivity index (χ3v) is 3.99. The van der Waals surface area contributed by atoms with Crippen molar-refractivity contribution in [3.05, 3.63) is 59.7 Å². The molecule has 0 aliphatic rings. The standard InChI is InChI=1S/C22H30N4O3.HI/c1-4-23-22(25-16-21(27)26-19-8-6-5-7-9-19)24-15-18-11-10-17(2)14-20(18)29-13-12-28-3;/h5-11,14H,4,12-13,15-16H2,1-3H3,(H,26,27)(H2,23,24,25);1H. The van der Waals surface area contributed by atoms with Crippen LogP contribution in [0, 0.1) is 6.92 Å². The fourth-order valence-electron chi connectivity index (χ4n) is 2.56. The highest BCUT2D eigenvalue weighted by molar-refractivity contribution is 14.0. The number of para-hydroxylation sites is 1. The second-order valence-corrected chi connectivity index (χ2v) is 6.42. The van der Waals surface area contributed by atoms with Gasteiger partial charge >= 0.3 is 0 Å². The second-order valence-electron chi connectivity index (χ2n) is 6.42. The predicted molar refractivity (Wildman–Crippen MR) is 132 cm³/mol. The molecule has 0 atom stereocenters. The number of carbonyl (C=O) groups excluding carboxylic acids is 1. The number of nitrogens with one attached hydrogen (secondary N) is 3. The summed E-state index contributed by atoms with van der Waals surface area (Å²) in [6, 6.07) is 15.4. The van der Waals surface area contributed by atoms with Gasteiger partial charge in [-0.1, -0.05) is 30.3 Å². The number of benzene rings is 2. The minimum Gasteiger partial charge on any atom is -0.491 e. The quantitative estimate of drug-likeness (QED) is 0.192. The highest BCUT2D eigenvalue weighted by Crippen LogP contribution is 2.21. The van der Waals surface area contributed by atoms with Crippen molar-refractivity contribution in [2.75, 3.05) is 38.7 Å². The van der Waals surface area contributed by atoms with Gasteiger partial charge in [-0.2, -0.15) is 0 Å². The number of aliphatic imine (C=N–C) groups is 1. The van der Waals surface area contributed by atoms with E-state index in [1.165, 1.54) is 0 Å². The number of aryl methyl sites for hydroxylation is 1. The van der Waals surface area contributed by atoms with Gasteiger partial charge in [-0.05, 0) is 37.6 Å². The molecule has 0 saturated heterocycles. The van der Waals surface area contributed by atoms with Crippen molar-refractivity contribution in [3.8, 4) is 5.75 Å². The lowest BCUT2D eigenvalue weighted by Crippen LogP contribution is -2.41. The van der Waals surface area contributed by atoms with Crippen molar-refractivity contribution in [1.82, 2.24) is 10.6 Å². The Balaban J connectivity index is 0.00000450. The molecular weight excluding hydrogens is 495 g/mol. The van der Waals surface area contributed by atoms with Gasteiger partial charge in [0.05, 0.1) is 19.7 Å². The van der Waals surface area contributed by atoms with E-state index in [0.29, 0.717) is 32.3 Å². The predicted octanol–water partition coefficient (Wildman–Crippen LogP) is 3.33. The SMILES string of the molecule is CCNC(=NCc1ccc(C)cc1OCCOC)NCC(=O)Nc1ccccc1.I. The summed E-state index contributed by atoms with van der Waals surface area (Å²) >= 11 is 0. The molecule has 0 aliphatic heterocycles. The number of anilines is 1. The Labute approximate surface area is 195 Å². The van der Waals surface area contributed by atoms with E-state index in [1.54, 1.807) is 7.11 Å². The Hall–Kier alpha value is -2.33. The molecule has 0 fully saturated rings. The molecule has 2 aromatic carbocycles. The highest BCUT2D eigenvalue weighted by Gasteiger charge is 2.07. The third-order valence-electron chi connectivity index (χ3n) is 3.99. The van der Waals surface area contributed by atoms with Crippen molar-refractivity contribution >= 4 is 41.5 Å². The maximum absolute atomic E-state index is 12.1. The van der Waals surface area contributed by atoms with Gasteiger partial charge in [0.25, 0.3) is 0 Å². The fraction of sp³-hybridized carbons (Fsp3) is 0.364. The molecule has 0 heterocycles. The number of methoxy groups -OCH3 is 1. The number of carbonyl (C=O) groups is 1. The number of hydrogen-bond acceptors (Lipinski definition) is 4. The maximum Gasteiger partial charge on any atom is 0.243 e. The summed E-state index contributed by atoms with van der Waals surface area (Å²) in [6.07, 6.45) is 0. The van der Waals surface area contributed by atoms with Crippen molar-refractivity contribution in [2.45, 2.75) is 20.4 Å². The summed E-state index contributed by atoms with van der Waals surface area (Å²) in [6.45, 7) is 6.24. The van der Waals surface area contributed by atoms with E-state index < -0.39 is 0 Å². The first kappa shape index (κ1) is 25.7. The van der Waals surface area contributed by atoms with Crippen molar-refractivity contribution < 1.29 is 14.3 Å². The minimum absolute atomic E-state index is 0. The van der Waals surface area contributed by atoms with E-state index in [1.807, 2.05) is 62.4 Å². The monoisotopic (exact) mass is 526 g/mol. The first-order chi connectivity index (χ1) is 14.1. The Morgan fingerprint density at radius 1 is 1.07 bits per heavy atom. The van der Waals surface area contributed by atoms with E-state index in [4.69, 9.17) is 9.47 Å². The van der Waals surface area contributed by atoms with Gasteiger partial charge in [0.15, 0.2) is 5.96 Å². The first-order valence-electron chi connectivity index (χ1n) is 9.70. The van der Waals surface area contributed by atoms with Gasteiger partial charge in [-0.25, -0.2) is 4.99 Å². The zero-order valence-electron chi connectivity index (χ0n) is 17.7. The minimum atomic E-state index is -0.138. The number of guanidine groups is 1. The van der Waals surface area contributed by atoms with Gasteiger partial charge in [0, 0.05) is 24.9 Å². The Kier molecular flexibility index (Phi) is 12.5. The molecule has 0 aromatic heterocycles. The van der Waals surface area contributed by atoms with Gasteiger partial charge in [-0.3, -0.25) is 4.79 Å². The van der Waals surface area contributed by atoms with E-state index in [9.17, 15) is 4.79 Å². The lowest BCUT2D eigenvalue weighted by atomic mass is 10.1. The highest BCUT2D eigenvalue weighted by atomic mass is 127.